The van der Waals surface area contributed by atoms with Crippen molar-refractivity contribution in [3.63, 3.8) is 0 Å². The molecule has 0 aliphatic rings. The van der Waals surface area contributed by atoms with Crippen LogP contribution in [0.3, 0.4) is 0 Å². The molecule has 0 radical (unpaired) electrons. The molecule has 0 aliphatic heterocycles. The molecule has 0 aliphatic carbocycles. The van der Waals surface area contributed by atoms with Crippen molar-refractivity contribution in [2.24, 2.45) is 5.73 Å². The van der Waals surface area contributed by atoms with Gasteiger partial charge < -0.3 is 10.6 Å². The first-order valence-corrected chi connectivity index (χ1v) is 7.83. The second-order valence-electron chi connectivity index (χ2n) is 4.15. The summed E-state index contributed by atoms with van der Waals surface area (Å²) >= 11 is 5.83. The van der Waals surface area contributed by atoms with E-state index in [1.165, 1.54) is 17.0 Å². The van der Waals surface area contributed by atoms with Gasteiger partial charge in [-0.3, -0.25) is 4.79 Å². The highest BCUT2D eigenvalue weighted by molar-refractivity contribution is 7.92. The Bertz CT molecular complexity index is 546. The minimum absolute atomic E-state index is 0.0164. The molecule has 0 atom stereocenters. The Kier molecular flexibility index (Phi) is 5.78. The molecule has 1 rings (SSSR count). The molecular formula is C12H17ClN2O3S. The van der Waals surface area contributed by atoms with Crippen LogP contribution in [0.5, 0.6) is 0 Å². The highest BCUT2D eigenvalue weighted by atomic mass is 35.5. The zero-order valence-electron chi connectivity index (χ0n) is 10.7. The van der Waals surface area contributed by atoms with Gasteiger partial charge in [0.25, 0.3) is 0 Å². The predicted molar refractivity (Wildman–Crippen MR) is 74.8 cm³/mol. The highest BCUT2D eigenvalue weighted by Gasteiger charge is 2.23. The van der Waals surface area contributed by atoms with E-state index in [1.807, 2.05) is 0 Å². The Balaban J connectivity index is 2.81. The van der Waals surface area contributed by atoms with E-state index in [-0.39, 0.29) is 9.92 Å². The highest BCUT2D eigenvalue weighted by Crippen LogP contribution is 2.21. The largest absolute Gasteiger partial charge is 0.345 e. The molecule has 0 heterocycles. The van der Waals surface area contributed by atoms with Gasteiger partial charge in [-0.15, -0.1) is 0 Å². The quantitative estimate of drug-likeness (QED) is 0.847. The van der Waals surface area contributed by atoms with Gasteiger partial charge in [-0.25, -0.2) is 8.42 Å². The van der Waals surface area contributed by atoms with Crippen LogP contribution in [0.1, 0.15) is 6.42 Å². The molecule has 0 bridgehead atoms. The van der Waals surface area contributed by atoms with Gasteiger partial charge in [0.05, 0.1) is 9.92 Å². The van der Waals surface area contributed by atoms with Crippen LogP contribution in [0.2, 0.25) is 5.02 Å². The minimum atomic E-state index is -3.71. The second-order valence-corrected chi connectivity index (χ2v) is 6.51. The van der Waals surface area contributed by atoms with Crippen molar-refractivity contribution in [1.29, 1.82) is 0 Å². The van der Waals surface area contributed by atoms with Gasteiger partial charge in [0.15, 0.2) is 9.84 Å². The number of carbonyl (C=O) groups is 1. The predicted octanol–water partition coefficient (Wildman–Crippen LogP) is 0.921. The molecule has 5 nitrogen and oxygen atoms in total. The average molecular weight is 305 g/mol. The number of hydrogen-bond donors (Lipinski definition) is 1. The van der Waals surface area contributed by atoms with Crippen LogP contribution < -0.4 is 5.73 Å². The summed E-state index contributed by atoms with van der Waals surface area (Å²) in [7, 11) is -2.16. The number of nitrogens with two attached hydrogens (primary N) is 1. The lowest BCUT2D eigenvalue weighted by atomic mass is 10.4. The molecule has 0 aromatic heterocycles. The van der Waals surface area contributed by atoms with Crippen molar-refractivity contribution >= 4 is 27.3 Å². The van der Waals surface area contributed by atoms with Gasteiger partial charge in [-0.2, -0.15) is 0 Å². The zero-order chi connectivity index (χ0) is 14.5. The Morgan fingerprint density at radius 1 is 1.37 bits per heavy atom. The molecule has 2 N–H and O–H groups in total. The number of sulfone groups is 1. The van der Waals surface area contributed by atoms with E-state index < -0.39 is 21.5 Å². The van der Waals surface area contributed by atoms with Crippen LogP contribution in [0.15, 0.2) is 29.2 Å². The summed E-state index contributed by atoms with van der Waals surface area (Å²) in [6.45, 7) is 0.891. The number of benzene rings is 1. The Labute approximate surface area is 118 Å². The van der Waals surface area contributed by atoms with Gasteiger partial charge >= 0.3 is 0 Å². The molecule has 0 saturated carbocycles. The summed E-state index contributed by atoms with van der Waals surface area (Å²) in [5.74, 6) is -1.05. The van der Waals surface area contributed by atoms with Crippen LogP contribution in [-0.2, 0) is 14.6 Å². The normalized spacial score (nSPS) is 11.3. The third-order valence-corrected chi connectivity index (χ3v) is 4.70. The third-order valence-electron chi connectivity index (χ3n) is 2.61. The van der Waals surface area contributed by atoms with Crippen molar-refractivity contribution in [2.75, 3.05) is 25.9 Å². The first-order valence-electron chi connectivity index (χ1n) is 5.80. The van der Waals surface area contributed by atoms with E-state index in [9.17, 15) is 13.2 Å². The first kappa shape index (κ1) is 15.9. The molecule has 1 aromatic carbocycles. The summed E-state index contributed by atoms with van der Waals surface area (Å²) in [6.07, 6.45) is 0.633. The molecule has 106 valence electrons. The molecule has 0 fully saturated rings. The average Bonchev–Trinajstić information content (AvgIpc) is 2.35. The molecule has 1 aromatic rings. The molecule has 7 heteroatoms. The van der Waals surface area contributed by atoms with Gasteiger partial charge in [-0.1, -0.05) is 23.7 Å². The summed E-state index contributed by atoms with van der Waals surface area (Å²) in [5.41, 5.74) is 5.34. The van der Waals surface area contributed by atoms with Crippen LogP contribution in [0.25, 0.3) is 0 Å². The Hall–Kier alpha value is -1.11. The number of rotatable bonds is 6. The lowest BCUT2D eigenvalue weighted by Crippen LogP contribution is -2.34. The van der Waals surface area contributed by atoms with Crippen LogP contribution in [-0.4, -0.2) is 45.1 Å². The van der Waals surface area contributed by atoms with Gasteiger partial charge in [0.2, 0.25) is 5.91 Å². The van der Waals surface area contributed by atoms with Crippen LogP contribution in [0.4, 0.5) is 0 Å². The van der Waals surface area contributed by atoms with Crippen molar-refractivity contribution < 1.29 is 13.2 Å². The van der Waals surface area contributed by atoms with Gasteiger partial charge in [0, 0.05) is 13.6 Å². The van der Waals surface area contributed by atoms with E-state index in [0.29, 0.717) is 19.5 Å². The topological polar surface area (TPSA) is 80.5 Å². The molecular weight excluding hydrogens is 288 g/mol. The maximum absolute atomic E-state index is 12.1. The summed E-state index contributed by atoms with van der Waals surface area (Å²) in [6, 6.07) is 6.08. The number of carbonyl (C=O) groups excluding carboxylic acids is 1. The molecule has 0 unspecified atom stereocenters. The maximum Gasteiger partial charge on any atom is 0.237 e. The number of hydrogen-bond acceptors (Lipinski definition) is 4. The molecule has 19 heavy (non-hydrogen) atoms. The first-order chi connectivity index (χ1) is 8.88. The van der Waals surface area contributed by atoms with E-state index >= 15 is 0 Å². The van der Waals surface area contributed by atoms with Gasteiger partial charge in [0.1, 0.15) is 5.75 Å². The monoisotopic (exact) mass is 304 g/mol. The molecule has 1 amide bonds. The lowest BCUT2D eigenvalue weighted by Gasteiger charge is -2.16. The minimum Gasteiger partial charge on any atom is -0.345 e. The van der Waals surface area contributed by atoms with Crippen molar-refractivity contribution in [1.82, 2.24) is 4.90 Å². The Morgan fingerprint density at radius 3 is 2.58 bits per heavy atom. The fourth-order valence-electron chi connectivity index (χ4n) is 1.50. The summed E-state index contributed by atoms with van der Waals surface area (Å²) in [5, 5.41) is 0.125. The lowest BCUT2D eigenvalue weighted by molar-refractivity contribution is -0.127. The van der Waals surface area contributed by atoms with E-state index in [2.05, 4.69) is 0 Å². The van der Waals surface area contributed by atoms with Gasteiger partial charge in [-0.05, 0) is 25.1 Å². The van der Waals surface area contributed by atoms with Crippen molar-refractivity contribution in [2.45, 2.75) is 11.3 Å². The number of nitrogens with zero attached hydrogens (tertiary/aromatic N) is 1. The fraction of sp³-hybridized carbons (Fsp3) is 0.417. The summed E-state index contributed by atoms with van der Waals surface area (Å²) in [4.78, 5) is 13.2. The van der Waals surface area contributed by atoms with Crippen LogP contribution in [0, 0.1) is 0 Å². The maximum atomic E-state index is 12.1. The third kappa shape index (κ3) is 4.49. The standard InChI is InChI=1S/C12H17ClN2O3S/c1-15(8-4-7-14)12(16)9-19(17,18)11-6-3-2-5-10(11)13/h2-3,5-6H,4,7-9,14H2,1H3. The molecule has 0 spiro atoms. The fourth-order valence-corrected chi connectivity index (χ4v) is 3.34. The van der Waals surface area contributed by atoms with E-state index in [4.69, 9.17) is 17.3 Å². The van der Waals surface area contributed by atoms with Crippen molar-refractivity contribution in [3.05, 3.63) is 29.3 Å². The second kappa shape index (κ2) is 6.88. The van der Waals surface area contributed by atoms with Crippen LogP contribution >= 0.6 is 11.6 Å². The smallest absolute Gasteiger partial charge is 0.237 e. The number of halogens is 1. The zero-order valence-corrected chi connectivity index (χ0v) is 12.2. The molecule has 0 saturated heterocycles. The van der Waals surface area contributed by atoms with E-state index in [1.54, 1.807) is 19.2 Å². The number of amides is 1. The SMILES string of the molecule is CN(CCCN)C(=O)CS(=O)(=O)c1ccccc1Cl. The summed E-state index contributed by atoms with van der Waals surface area (Å²) < 4.78 is 24.2. The van der Waals surface area contributed by atoms with E-state index in [0.717, 1.165) is 0 Å². The Morgan fingerprint density at radius 2 is 2.00 bits per heavy atom. The van der Waals surface area contributed by atoms with Crippen molar-refractivity contribution in [3.8, 4) is 0 Å².